The van der Waals surface area contributed by atoms with Crippen molar-refractivity contribution in [1.29, 1.82) is 0 Å². The minimum Gasteiger partial charge on any atom is -0.445 e. The Morgan fingerprint density at radius 1 is 1.10 bits per heavy atom. The Morgan fingerprint density at radius 3 is 2.45 bits per heavy atom. The molecule has 1 unspecified atom stereocenters. The number of piperidine rings is 1. The maximum Gasteiger partial charge on any atom is 0.408 e. The lowest BCUT2D eigenvalue weighted by molar-refractivity contribution is -0.134. The third-order valence-corrected chi connectivity index (χ3v) is 5.34. The molecule has 0 saturated carbocycles. The zero-order valence-corrected chi connectivity index (χ0v) is 18.5. The molecule has 31 heavy (non-hydrogen) atoms. The van der Waals surface area contributed by atoms with E-state index in [1.807, 2.05) is 37.4 Å². The fourth-order valence-electron chi connectivity index (χ4n) is 3.54. The van der Waals surface area contributed by atoms with Gasteiger partial charge in [-0.05, 0) is 51.3 Å². The summed E-state index contributed by atoms with van der Waals surface area (Å²) in [6, 6.07) is 8.63. The van der Waals surface area contributed by atoms with Gasteiger partial charge in [0.1, 0.15) is 12.6 Å². The summed E-state index contributed by atoms with van der Waals surface area (Å²) in [4.78, 5) is 38.7. The summed E-state index contributed by atoms with van der Waals surface area (Å²) in [7, 11) is 3.47. The topological polar surface area (TPSA) is 112 Å². The van der Waals surface area contributed by atoms with Gasteiger partial charge in [-0.1, -0.05) is 30.3 Å². The van der Waals surface area contributed by atoms with E-state index in [9.17, 15) is 14.4 Å². The second kappa shape index (κ2) is 13.5. The van der Waals surface area contributed by atoms with Crippen LogP contribution in [0, 0.1) is 0 Å². The Balaban J connectivity index is 1.87. The van der Waals surface area contributed by atoms with Gasteiger partial charge in [-0.15, -0.1) is 0 Å². The molecule has 1 aromatic rings. The zero-order chi connectivity index (χ0) is 22.5. The Bertz CT molecular complexity index is 692. The molecule has 1 saturated heterocycles. The van der Waals surface area contributed by atoms with Crippen LogP contribution in [0.4, 0.5) is 9.59 Å². The van der Waals surface area contributed by atoms with Gasteiger partial charge in [0.05, 0.1) is 0 Å². The molecule has 1 aliphatic rings. The van der Waals surface area contributed by atoms with Gasteiger partial charge >= 0.3 is 12.1 Å². The molecule has 0 radical (unpaired) electrons. The molecule has 4 N–H and O–H groups in total. The zero-order valence-electron chi connectivity index (χ0n) is 18.5. The largest absolute Gasteiger partial charge is 0.445 e. The number of benzene rings is 1. The smallest absolute Gasteiger partial charge is 0.408 e. The van der Waals surface area contributed by atoms with E-state index in [0.717, 1.165) is 24.9 Å². The fraction of sp³-hybridized carbons (Fsp3) is 0.591. The summed E-state index contributed by atoms with van der Waals surface area (Å²) >= 11 is 0. The Labute approximate surface area is 184 Å². The molecule has 2 rings (SSSR count). The van der Waals surface area contributed by atoms with Crippen molar-refractivity contribution in [2.24, 2.45) is 0 Å². The number of likely N-dealkylation sites (tertiary alicyclic amines) is 1. The Morgan fingerprint density at radius 2 is 1.81 bits per heavy atom. The van der Waals surface area contributed by atoms with Gasteiger partial charge in [0.15, 0.2) is 0 Å². The summed E-state index contributed by atoms with van der Waals surface area (Å²) < 4.78 is 5.31. The molecule has 1 atom stereocenters. The molecule has 4 amide bonds. The van der Waals surface area contributed by atoms with Crippen LogP contribution in [0.2, 0.25) is 0 Å². The van der Waals surface area contributed by atoms with E-state index in [0.29, 0.717) is 32.4 Å². The summed E-state index contributed by atoms with van der Waals surface area (Å²) in [6.45, 7) is 2.10. The van der Waals surface area contributed by atoms with Crippen molar-refractivity contribution in [3.63, 3.8) is 0 Å². The number of carbonyl (C=O) groups excluding carboxylic acids is 3. The lowest BCUT2D eigenvalue weighted by Gasteiger charge is -2.34. The van der Waals surface area contributed by atoms with E-state index < -0.39 is 12.1 Å². The van der Waals surface area contributed by atoms with E-state index in [1.165, 1.54) is 0 Å². The fourth-order valence-corrected chi connectivity index (χ4v) is 3.54. The van der Waals surface area contributed by atoms with Crippen molar-refractivity contribution in [3.05, 3.63) is 35.9 Å². The van der Waals surface area contributed by atoms with Crippen LogP contribution >= 0.6 is 0 Å². The van der Waals surface area contributed by atoms with Crippen LogP contribution in [0.15, 0.2) is 30.3 Å². The van der Waals surface area contributed by atoms with E-state index in [1.54, 1.807) is 11.9 Å². The van der Waals surface area contributed by atoms with E-state index in [4.69, 9.17) is 4.74 Å². The van der Waals surface area contributed by atoms with Crippen LogP contribution in [0.3, 0.4) is 0 Å². The third-order valence-electron chi connectivity index (χ3n) is 5.34. The average Bonchev–Trinajstić information content (AvgIpc) is 2.80. The number of hydrogen-bond donors (Lipinski definition) is 4. The van der Waals surface area contributed by atoms with E-state index in [2.05, 4.69) is 21.3 Å². The van der Waals surface area contributed by atoms with Gasteiger partial charge < -0.3 is 30.9 Å². The predicted molar refractivity (Wildman–Crippen MR) is 119 cm³/mol. The molecule has 1 aliphatic heterocycles. The average molecular weight is 434 g/mol. The molecule has 9 heteroatoms. The number of unbranched alkanes of at least 4 members (excludes halogenated alkanes) is 1. The van der Waals surface area contributed by atoms with Crippen LogP contribution < -0.4 is 21.3 Å². The number of urea groups is 1. The van der Waals surface area contributed by atoms with Gasteiger partial charge in [0, 0.05) is 26.2 Å². The van der Waals surface area contributed by atoms with Gasteiger partial charge in [-0.2, -0.15) is 0 Å². The summed E-state index contributed by atoms with van der Waals surface area (Å²) in [5, 5.41) is 11.3. The standard InChI is InChI=1S/C22H35N5O4/c1-23-13-7-6-10-19(26-22(30)31-16-17-8-4-3-5-9-17)20(28)27-14-11-18(12-15-27)25-21(29)24-2/h3-5,8-9,18-19,23H,6-7,10-16H2,1-2H3,(H,26,30)(H2,24,25,29). The van der Waals surface area contributed by atoms with Crippen LogP contribution in [0.25, 0.3) is 0 Å². The maximum absolute atomic E-state index is 13.1. The first-order valence-corrected chi connectivity index (χ1v) is 10.9. The van der Waals surface area contributed by atoms with Crippen LogP contribution in [-0.4, -0.2) is 68.7 Å². The van der Waals surface area contributed by atoms with Gasteiger partial charge in [-0.25, -0.2) is 9.59 Å². The van der Waals surface area contributed by atoms with Crippen molar-refractivity contribution in [3.8, 4) is 0 Å². The van der Waals surface area contributed by atoms with Crippen LogP contribution in [0.5, 0.6) is 0 Å². The quantitative estimate of drug-likeness (QED) is 0.419. The first kappa shape index (κ1) is 24.5. The Hall–Kier alpha value is -2.81. The first-order valence-electron chi connectivity index (χ1n) is 10.9. The molecule has 9 nitrogen and oxygen atoms in total. The SMILES string of the molecule is CNCCCCC(NC(=O)OCc1ccccc1)C(=O)N1CCC(NC(=O)NC)CC1. The van der Waals surface area contributed by atoms with Crippen molar-refractivity contribution in [2.45, 2.75) is 50.8 Å². The monoisotopic (exact) mass is 433 g/mol. The molecule has 0 spiro atoms. The number of ether oxygens (including phenoxy) is 1. The summed E-state index contributed by atoms with van der Waals surface area (Å²) in [5.74, 6) is -0.0977. The lowest BCUT2D eigenvalue weighted by Crippen LogP contribution is -2.53. The molecule has 1 fully saturated rings. The number of amides is 4. The summed E-state index contributed by atoms with van der Waals surface area (Å²) in [6.07, 6.45) is 3.06. The minimum absolute atomic E-state index is 0.0434. The van der Waals surface area contributed by atoms with E-state index >= 15 is 0 Å². The first-order chi connectivity index (χ1) is 15.0. The highest BCUT2D eigenvalue weighted by Crippen LogP contribution is 2.14. The molecule has 1 heterocycles. The van der Waals surface area contributed by atoms with Crippen molar-refractivity contribution < 1.29 is 19.1 Å². The van der Waals surface area contributed by atoms with Crippen molar-refractivity contribution in [1.82, 2.24) is 26.2 Å². The number of alkyl carbamates (subject to hydrolysis) is 1. The highest BCUT2D eigenvalue weighted by molar-refractivity contribution is 5.85. The third kappa shape index (κ3) is 8.84. The number of carbonyl (C=O) groups is 3. The molecule has 0 aliphatic carbocycles. The number of rotatable bonds is 10. The van der Waals surface area contributed by atoms with Gasteiger partial charge in [-0.3, -0.25) is 4.79 Å². The van der Waals surface area contributed by atoms with Crippen LogP contribution in [-0.2, 0) is 16.1 Å². The Kier molecular flexibility index (Phi) is 10.6. The molecule has 1 aromatic carbocycles. The lowest BCUT2D eigenvalue weighted by atomic mass is 10.0. The number of hydrogen-bond acceptors (Lipinski definition) is 5. The predicted octanol–water partition coefficient (Wildman–Crippen LogP) is 1.59. The maximum atomic E-state index is 13.1. The number of nitrogens with one attached hydrogen (secondary N) is 4. The molecule has 0 aromatic heterocycles. The minimum atomic E-state index is -0.622. The molecular weight excluding hydrogens is 398 g/mol. The highest BCUT2D eigenvalue weighted by Gasteiger charge is 2.29. The van der Waals surface area contributed by atoms with Crippen LogP contribution in [0.1, 0.15) is 37.7 Å². The van der Waals surface area contributed by atoms with Gasteiger partial charge in [0.2, 0.25) is 5.91 Å². The molecular formula is C22H35N5O4. The van der Waals surface area contributed by atoms with Crippen molar-refractivity contribution in [2.75, 3.05) is 33.7 Å². The number of nitrogens with zero attached hydrogens (tertiary/aromatic N) is 1. The van der Waals surface area contributed by atoms with Gasteiger partial charge in [0.25, 0.3) is 0 Å². The second-order valence-corrected chi connectivity index (χ2v) is 7.68. The van der Waals surface area contributed by atoms with E-state index in [-0.39, 0.29) is 24.6 Å². The second-order valence-electron chi connectivity index (χ2n) is 7.68. The molecule has 172 valence electrons. The molecule has 0 bridgehead atoms. The normalized spacial score (nSPS) is 15.1. The highest BCUT2D eigenvalue weighted by atomic mass is 16.5. The summed E-state index contributed by atoms with van der Waals surface area (Å²) in [5.41, 5.74) is 0.889. The van der Waals surface area contributed by atoms with Crippen molar-refractivity contribution >= 4 is 18.0 Å².